The van der Waals surface area contributed by atoms with E-state index in [2.05, 4.69) is 9.80 Å². The van der Waals surface area contributed by atoms with E-state index in [4.69, 9.17) is 9.47 Å². The van der Waals surface area contributed by atoms with Crippen LogP contribution in [0.5, 0.6) is 11.5 Å². The number of nitrogens with zero attached hydrogens (tertiary/aromatic N) is 4. The van der Waals surface area contributed by atoms with Crippen molar-refractivity contribution in [2.75, 3.05) is 79.7 Å². The second-order valence-electron chi connectivity index (χ2n) is 18.8. The lowest BCUT2D eigenvalue weighted by atomic mass is 9.93. The van der Waals surface area contributed by atoms with Gasteiger partial charge in [0.25, 0.3) is 11.8 Å². The molecule has 0 N–H and O–H groups in total. The molecule has 6 aromatic rings. The smallest absolute Gasteiger partial charge is 0.254 e. The first-order chi connectivity index (χ1) is 35.6. The minimum absolute atomic E-state index is 0. The zero-order valence-corrected chi connectivity index (χ0v) is 44.4. The van der Waals surface area contributed by atoms with Gasteiger partial charge in [-0.3, -0.25) is 24.1 Å². The van der Waals surface area contributed by atoms with Crippen molar-refractivity contribution in [2.45, 2.75) is 19.3 Å². The summed E-state index contributed by atoms with van der Waals surface area (Å²) in [5.74, 6) is 1.24. The molecule has 3 aliphatic heterocycles. The summed E-state index contributed by atoms with van der Waals surface area (Å²) in [6, 6.07) is 53.5. The number of likely N-dealkylation sites (N-methyl/N-ethyl adjacent to an activating group) is 1. The number of Topliss-reactive ketones (excluding diaryl/α,β-unsaturated/α-hetero) is 2. The van der Waals surface area contributed by atoms with Crippen molar-refractivity contribution >= 4 is 72.5 Å². The molecule has 75 heavy (non-hydrogen) atoms. The lowest BCUT2D eigenvalue weighted by Crippen LogP contribution is -2.41. The Labute approximate surface area is 454 Å². The first-order valence-electron chi connectivity index (χ1n) is 25.2. The Kier molecular flexibility index (Phi) is 22.0. The van der Waals surface area contributed by atoms with Crippen LogP contribution in [-0.2, 0) is 9.59 Å². The minimum Gasteiger partial charge on any atom is -0.492 e. The largest absolute Gasteiger partial charge is 0.492 e. The van der Waals surface area contributed by atoms with Crippen LogP contribution in [-0.4, -0.2) is 123 Å². The summed E-state index contributed by atoms with van der Waals surface area (Å²) in [5, 5.41) is 0. The average Bonchev–Trinajstić information content (AvgIpc) is 3.42. The van der Waals surface area contributed by atoms with E-state index in [0.717, 1.165) is 59.9 Å². The maximum Gasteiger partial charge on any atom is 0.254 e. The van der Waals surface area contributed by atoms with E-state index in [1.54, 1.807) is 21.9 Å². The number of rotatable bonds is 14. The Morgan fingerprint density at radius 3 is 1.09 bits per heavy atom. The van der Waals surface area contributed by atoms with Crippen molar-refractivity contribution < 1.29 is 28.7 Å². The van der Waals surface area contributed by atoms with Crippen LogP contribution in [0.2, 0.25) is 0 Å². The minimum atomic E-state index is -0.115. The molecule has 0 unspecified atom stereocenters. The molecular formula is C63H66Cl2N4O6. The van der Waals surface area contributed by atoms with E-state index in [0.29, 0.717) is 46.6 Å². The van der Waals surface area contributed by atoms with Crippen molar-refractivity contribution in [2.24, 2.45) is 0 Å². The highest BCUT2D eigenvalue weighted by Gasteiger charge is 2.31. The molecule has 0 radical (unpaired) electrons. The van der Waals surface area contributed by atoms with Crippen molar-refractivity contribution in [1.82, 2.24) is 19.6 Å². The summed E-state index contributed by atoms with van der Waals surface area (Å²) >= 11 is 0. The first kappa shape index (κ1) is 56.9. The van der Waals surface area contributed by atoms with Gasteiger partial charge in [0.2, 0.25) is 0 Å². The van der Waals surface area contributed by atoms with Gasteiger partial charge in [-0.05, 0) is 135 Å². The molecule has 388 valence electrons. The number of hydrogen-bond donors (Lipinski definition) is 0. The van der Waals surface area contributed by atoms with Gasteiger partial charge < -0.3 is 24.2 Å². The number of ketones is 2. The first-order valence-corrected chi connectivity index (χ1v) is 25.2. The zero-order valence-electron chi connectivity index (χ0n) is 42.7. The molecule has 10 nitrogen and oxygen atoms in total. The number of hydrogen-bond acceptors (Lipinski definition) is 8. The van der Waals surface area contributed by atoms with Crippen molar-refractivity contribution in [1.29, 1.82) is 0 Å². The lowest BCUT2D eigenvalue weighted by Gasteiger charge is -2.30. The number of benzene rings is 6. The fourth-order valence-corrected chi connectivity index (χ4v) is 8.94. The number of likely N-dealkylation sites (tertiary alicyclic amines) is 3. The van der Waals surface area contributed by atoms with Gasteiger partial charge in [0, 0.05) is 46.5 Å². The molecule has 9 rings (SSSR count). The normalized spacial score (nSPS) is 17.0. The number of halogens is 2. The van der Waals surface area contributed by atoms with Crippen LogP contribution < -0.4 is 9.47 Å². The summed E-state index contributed by atoms with van der Waals surface area (Å²) in [7, 11) is 3.99. The van der Waals surface area contributed by atoms with E-state index < -0.39 is 0 Å². The Morgan fingerprint density at radius 1 is 0.453 bits per heavy atom. The van der Waals surface area contributed by atoms with E-state index in [9.17, 15) is 19.2 Å². The van der Waals surface area contributed by atoms with E-state index >= 15 is 0 Å². The summed E-state index contributed by atoms with van der Waals surface area (Å²) in [6.07, 6.45) is 11.4. The molecule has 2 amide bonds. The van der Waals surface area contributed by atoms with Crippen LogP contribution in [0.25, 0.3) is 24.3 Å². The van der Waals surface area contributed by atoms with Crippen LogP contribution in [0, 0.1) is 0 Å². The third-order valence-electron chi connectivity index (χ3n) is 12.9. The molecule has 3 fully saturated rings. The summed E-state index contributed by atoms with van der Waals surface area (Å²) in [5.41, 5.74) is 7.31. The molecule has 0 aliphatic carbocycles. The van der Waals surface area contributed by atoms with Crippen LogP contribution >= 0.6 is 24.8 Å². The molecule has 3 saturated heterocycles. The molecule has 3 aliphatic rings. The predicted molar refractivity (Wildman–Crippen MR) is 307 cm³/mol. The number of carbonyl (C=O) groups excluding carboxylic acids is 4. The quantitative estimate of drug-likeness (QED) is 0.0995. The molecule has 3 heterocycles. The summed E-state index contributed by atoms with van der Waals surface area (Å²) in [4.78, 5) is 61.7. The van der Waals surface area contributed by atoms with Gasteiger partial charge in [-0.1, -0.05) is 128 Å². The van der Waals surface area contributed by atoms with Crippen LogP contribution in [0.1, 0.15) is 62.2 Å². The Bertz CT molecular complexity index is 2800. The summed E-state index contributed by atoms with van der Waals surface area (Å²) in [6.45, 7) is 6.33. The van der Waals surface area contributed by atoms with E-state index in [1.165, 1.54) is 19.3 Å². The van der Waals surface area contributed by atoms with Crippen LogP contribution in [0.3, 0.4) is 0 Å². The maximum absolute atomic E-state index is 13.5. The topological polar surface area (TPSA) is 99.7 Å². The van der Waals surface area contributed by atoms with Gasteiger partial charge in [0.1, 0.15) is 24.7 Å². The molecule has 0 saturated carbocycles. The van der Waals surface area contributed by atoms with Gasteiger partial charge in [-0.15, -0.1) is 24.8 Å². The molecule has 0 spiro atoms. The zero-order chi connectivity index (χ0) is 50.8. The average molecular weight is 1050 g/mol. The highest BCUT2D eigenvalue weighted by Crippen LogP contribution is 2.27. The molecule has 12 heteroatoms. The van der Waals surface area contributed by atoms with Crippen molar-refractivity contribution in [3.8, 4) is 11.5 Å². The van der Waals surface area contributed by atoms with Crippen LogP contribution in [0.15, 0.2) is 192 Å². The second-order valence-corrected chi connectivity index (χ2v) is 18.8. The highest BCUT2D eigenvalue weighted by atomic mass is 35.5. The molecule has 6 aromatic carbocycles. The van der Waals surface area contributed by atoms with Crippen LogP contribution in [0.4, 0.5) is 0 Å². The number of ether oxygens (including phenoxy) is 2. The third-order valence-corrected chi connectivity index (χ3v) is 12.9. The van der Waals surface area contributed by atoms with E-state index in [1.807, 2.05) is 196 Å². The molecular weight excluding hydrogens is 980 g/mol. The number of carbonyl (C=O) groups is 4. The van der Waals surface area contributed by atoms with Gasteiger partial charge in [0.15, 0.2) is 11.6 Å². The fraction of sp³-hybridized carbons (Fsp3) is 0.238. The Balaban J connectivity index is 0.000000238. The van der Waals surface area contributed by atoms with Gasteiger partial charge in [-0.2, -0.15) is 0 Å². The summed E-state index contributed by atoms with van der Waals surface area (Å²) < 4.78 is 11.7. The second kappa shape index (κ2) is 28.9. The monoisotopic (exact) mass is 1040 g/mol. The highest BCUT2D eigenvalue weighted by molar-refractivity contribution is 6.17. The van der Waals surface area contributed by atoms with Gasteiger partial charge in [0.05, 0.1) is 26.2 Å². The fourth-order valence-electron chi connectivity index (χ4n) is 8.94. The van der Waals surface area contributed by atoms with E-state index in [-0.39, 0.29) is 74.4 Å². The number of piperidine rings is 3. The van der Waals surface area contributed by atoms with Gasteiger partial charge in [-0.25, -0.2) is 0 Å². The SMILES string of the molecule is CN(C)CCOc1ccc(C(=O)N2C/C(=C\c3ccccc3)C(=O)/C(=C/c3ccccc3)C2)cc1.Cl.Cl.O=C1/C(=C/c2ccccc2)CN(C(=O)c2ccc(OCCN3CCCCC3)cc2)C/C1=C\c1ccccc1. The number of amides is 2. The Hall–Kier alpha value is -7.34. The molecule has 0 bridgehead atoms. The van der Waals surface area contributed by atoms with Crippen molar-refractivity contribution in [3.63, 3.8) is 0 Å². The maximum atomic E-state index is 13.5. The Morgan fingerprint density at radius 2 is 0.773 bits per heavy atom. The third kappa shape index (κ3) is 16.8. The molecule has 0 atom stereocenters. The standard InChI is InChI=1S/C33H34N2O3.C30H30N2O3.2ClH/c36-32-29(22-26-10-4-1-5-11-26)24-35(25-30(32)23-27-12-6-2-7-13-27)33(37)28-14-16-31(17-15-28)38-21-20-34-18-8-3-9-19-34;1-31(2)17-18-35-28-15-13-25(14-16-28)30(34)32-21-26(19-23-9-5-3-6-10-23)29(33)27(22-32)20-24-11-7-4-8-12-24;;/h1-2,4-7,10-17,22-23H,3,8-9,18-21,24-25H2;3-16,19-20H,17-18,21-22H2,1-2H3;2*1H/b29-22+,30-23+;26-19+,27-20+;;. The van der Waals surface area contributed by atoms with Crippen molar-refractivity contribution in [3.05, 3.63) is 226 Å². The van der Waals surface area contributed by atoms with Gasteiger partial charge >= 0.3 is 0 Å². The lowest BCUT2D eigenvalue weighted by molar-refractivity contribution is -0.114. The molecule has 0 aromatic heterocycles. The predicted octanol–water partition coefficient (Wildman–Crippen LogP) is 11.4.